The Morgan fingerprint density at radius 3 is 2.89 bits per heavy atom. The molecule has 1 amide bonds. The van der Waals surface area contributed by atoms with Crippen LogP contribution in [0.25, 0.3) is 0 Å². The molecule has 28 heavy (non-hydrogen) atoms. The van der Waals surface area contributed by atoms with E-state index in [0.29, 0.717) is 18.8 Å². The fourth-order valence-electron chi connectivity index (χ4n) is 4.22. The maximum atomic E-state index is 12.9. The molecule has 1 aromatic heterocycles. The van der Waals surface area contributed by atoms with Crippen LogP contribution in [-0.4, -0.2) is 65.1 Å². The van der Waals surface area contributed by atoms with Crippen molar-refractivity contribution in [2.45, 2.75) is 12.5 Å². The normalized spacial score (nSPS) is 23.1. The number of likely N-dealkylation sites (N-methyl/N-ethyl adjacent to an activating group) is 1. The van der Waals surface area contributed by atoms with Crippen molar-refractivity contribution < 1.29 is 19.4 Å². The monoisotopic (exact) mass is 381 g/mol. The molecule has 0 spiro atoms. The summed E-state index contributed by atoms with van der Waals surface area (Å²) in [6.07, 6.45) is 3.49. The molecule has 0 saturated carbocycles. The fraction of sp³-hybridized carbons (Fsp3) is 0.381. The van der Waals surface area contributed by atoms with E-state index < -0.39 is 11.4 Å². The van der Waals surface area contributed by atoms with Gasteiger partial charge in [0.2, 0.25) is 5.91 Å². The maximum Gasteiger partial charge on any atom is 0.315 e. The minimum Gasteiger partial charge on any atom is -0.492 e. The first-order valence-electron chi connectivity index (χ1n) is 9.30. The van der Waals surface area contributed by atoms with Crippen molar-refractivity contribution >= 4 is 11.9 Å². The first-order valence-corrected chi connectivity index (χ1v) is 9.30. The number of carboxylic acids is 1. The number of para-hydroxylation sites is 1. The van der Waals surface area contributed by atoms with Crippen LogP contribution < -0.4 is 4.74 Å². The molecule has 2 aliphatic heterocycles. The molecule has 1 saturated heterocycles. The van der Waals surface area contributed by atoms with E-state index in [4.69, 9.17) is 4.74 Å². The number of aromatic nitrogens is 1. The van der Waals surface area contributed by atoms with Gasteiger partial charge in [-0.1, -0.05) is 24.3 Å². The highest BCUT2D eigenvalue weighted by Crippen LogP contribution is 2.49. The van der Waals surface area contributed by atoms with Gasteiger partial charge in [-0.05, 0) is 24.7 Å². The van der Waals surface area contributed by atoms with Gasteiger partial charge < -0.3 is 14.7 Å². The quantitative estimate of drug-likeness (QED) is 0.847. The number of ether oxygens (including phenoxy) is 1. The van der Waals surface area contributed by atoms with E-state index in [0.717, 1.165) is 11.1 Å². The van der Waals surface area contributed by atoms with Crippen molar-refractivity contribution in [2.24, 2.45) is 5.41 Å². The third kappa shape index (κ3) is 3.22. The molecule has 146 valence electrons. The Kier molecular flexibility index (Phi) is 4.77. The van der Waals surface area contributed by atoms with Crippen LogP contribution in [0.5, 0.6) is 5.75 Å². The number of carbonyl (C=O) groups excluding carboxylic acids is 1. The molecule has 2 aliphatic rings. The van der Waals surface area contributed by atoms with Crippen LogP contribution >= 0.6 is 0 Å². The van der Waals surface area contributed by atoms with Gasteiger partial charge in [0.25, 0.3) is 0 Å². The van der Waals surface area contributed by atoms with Crippen LogP contribution in [0.15, 0.2) is 48.8 Å². The summed E-state index contributed by atoms with van der Waals surface area (Å²) in [7, 11) is 1.87. The first kappa shape index (κ1) is 18.4. The third-order valence-electron chi connectivity index (χ3n) is 5.68. The zero-order valence-corrected chi connectivity index (χ0v) is 15.7. The zero-order valence-electron chi connectivity index (χ0n) is 15.7. The molecule has 2 aromatic rings. The van der Waals surface area contributed by atoms with Crippen LogP contribution in [0, 0.1) is 5.41 Å². The Hall–Kier alpha value is -2.93. The molecule has 0 bridgehead atoms. The van der Waals surface area contributed by atoms with Crippen LogP contribution in [-0.2, 0) is 16.1 Å². The second-order valence-corrected chi connectivity index (χ2v) is 7.65. The van der Waals surface area contributed by atoms with Gasteiger partial charge in [-0.15, -0.1) is 0 Å². The maximum absolute atomic E-state index is 12.9. The molecule has 3 heterocycles. The number of nitrogens with zero attached hydrogens (tertiary/aromatic N) is 3. The van der Waals surface area contributed by atoms with Gasteiger partial charge in [-0.2, -0.15) is 0 Å². The number of fused-ring (bicyclic) bond motifs is 3. The van der Waals surface area contributed by atoms with E-state index in [1.54, 1.807) is 17.3 Å². The summed E-state index contributed by atoms with van der Waals surface area (Å²) in [5.41, 5.74) is 0.804. The average molecular weight is 381 g/mol. The Morgan fingerprint density at radius 2 is 2.14 bits per heavy atom. The average Bonchev–Trinajstić information content (AvgIpc) is 3.11. The number of aliphatic carboxylic acids is 1. The molecular weight excluding hydrogens is 358 g/mol. The van der Waals surface area contributed by atoms with Gasteiger partial charge in [0, 0.05) is 43.5 Å². The smallest absolute Gasteiger partial charge is 0.315 e. The van der Waals surface area contributed by atoms with Crippen molar-refractivity contribution in [1.82, 2.24) is 14.8 Å². The molecule has 0 aliphatic carbocycles. The number of hydrogen-bond acceptors (Lipinski definition) is 5. The van der Waals surface area contributed by atoms with Crippen molar-refractivity contribution in [1.29, 1.82) is 0 Å². The molecule has 7 heteroatoms. The van der Waals surface area contributed by atoms with E-state index in [1.165, 1.54) is 0 Å². The summed E-state index contributed by atoms with van der Waals surface area (Å²) in [6.45, 7) is 1.47. The molecule has 1 N–H and O–H groups in total. The number of likely N-dealkylation sites (tertiary alicyclic amines) is 1. The lowest BCUT2D eigenvalue weighted by molar-refractivity contribution is -0.152. The number of hydrogen-bond donors (Lipinski definition) is 1. The molecule has 7 nitrogen and oxygen atoms in total. The van der Waals surface area contributed by atoms with E-state index in [9.17, 15) is 14.7 Å². The van der Waals surface area contributed by atoms with Gasteiger partial charge in [0.1, 0.15) is 17.8 Å². The number of rotatable bonds is 5. The molecule has 2 atom stereocenters. The lowest BCUT2D eigenvalue weighted by Gasteiger charge is -2.35. The Bertz CT molecular complexity index is 888. The van der Waals surface area contributed by atoms with Gasteiger partial charge in [-0.25, -0.2) is 0 Å². The fourth-order valence-corrected chi connectivity index (χ4v) is 4.22. The minimum atomic E-state index is -1.09. The highest BCUT2D eigenvalue weighted by atomic mass is 16.5. The van der Waals surface area contributed by atoms with Crippen molar-refractivity contribution in [3.8, 4) is 5.75 Å². The second kappa shape index (κ2) is 7.24. The SMILES string of the molecule is CN(CC(=O)N1C[C@@H]2c3ccccc3OC[C@]2(C(=O)O)C1)Cc1cccnc1. The zero-order chi connectivity index (χ0) is 19.7. The molecule has 1 fully saturated rings. The highest BCUT2D eigenvalue weighted by Gasteiger charge is 2.57. The molecule has 4 rings (SSSR count). The van der Waals surface area contributed by atoms with Crippen molar-refractivity contribution in [3.05, 3.63) is 59.9 Å². The van der Waals surface area contributed by atoms with Crippen molar-refractivity contribution in [2.75, 3.05) is 33.3 Å². The number of carbonyl (C=O) groups is 2. The summed E-state index contributed by atoms with van der Waals surface area (Å²) in [5, 5.41) is 9.97. The minimum absolute atomic E-state index is 0.0705. The lowest BCUT2D eigenvalue weighted by Crippen LogP contribution is -2.46. The van der Waals surface area contributed by atoms with E-state index >= 15 is 0 Å². The van der Waals surface area contributed by atoms with Crippen molar-refractivity contribution in [3.63, 3.8) is 0 Å². The van der Waals surface area contributed by atoms with Crippen LogP contribution in [0.3, 0.4) is 0 Å². The first-order chi connectivity index (χ1) is 13.5. The van der Waals surface area contributed by atoms with Gasteiger partial charge >= 0.3 is 5.97 Å². The topological polar surface area (TPSA) is 83.0 Å². The predicted octanol–water partition coefficient (Wildman–Crippen LogP) is 1.60. The number of benzene rings is 1. The van der Waals surface area contributed by atoms with E-state index in [2.05, 4.69) is 4.98 Å². The standard InChI is InChI=1S/C21H23N3O4/c1-23(10-15-5-4-8-22-9-15)12-19(25)24-11-17-16-6-2-3-7-18(16)28-14-21(17,13-24)20(26)27/h2-9,17H,10-14H2,1H3,(H,26,27)/t17-,21-/m1/s1. The Labute approximate surface area is 163 Å². The van der Waals surface area contributed by atoms with Crippen LogP contribution in [0.2, 0.25) is 0 Å². The second-order valence-electron chi connectivity index (χ2n) is 7.65. The third-order valence-corrected chi connectivity index (χ3v) is 5.68. The molecule has 1 aromatic carbocycles. The summed E-state index contributed by atoms with van der Waals surface area (Å²) in [6, 6.07) is 11.3. The number of pyridine rings is 1. The Balaban J connectivity index is 1.49. The predicted molar refractivity (Wildman–Crippen MR) is 102 cm³/mol. The van der Waals surface area contributed by atoms with E-state index in [-0.39, 0.29) is 31.5 Å². The lowest BCUT2D eigenvalue weighted by atomic mass is 9.73. The van der Waals surface area contributed by atoms with Crippen LogP contribution in [0.4, 0.5) is 0 Å². The molecular formula is C21H23N3O4. The molecule has 0 unspecified atom stereocenters. The molecule has 0 radical (unpaired) electrons. The number of carboxylic acid groups (broad SMARTS) is 1. The Morgan fingerprint density at radius 1 is 1.32 bits per heavy atom. The van der Waals surface area contributed by atoms with Gasteiger partial charge in [0.05, 0.1) is 6.54 Å². The summed E-state index contributed by atoms with van der Waals surface area (Å²) in [4.78, 5) is 32.7. The van der Waals surface area contributed by atoms with Gasteiger partial charge in [0.15, 0.2) is 0 Å². The largest absolute Gasteiger partial charge is 0.492 e. The van der Waals surface area contributed by atoms with Crippen LogP contribution in [0.1, 0.15) is 17.0 Å². The van der Waals surface area contributed by atoms with Gasteiger partial charge in [-0.3, -0.25) is 19.5 Å². The summed E-state index contributed by atoms with van der Waals surface area (Å²) >= 11 is 0. The summed E-state index contributed by atoms with van der Waals surface area (Å²) in [5.74, 6) is -0.528. The number of amides is 1. The van der Waals surface area contributed by atoms with E-state index in [1.807, 2.05) is 48.3 Å². The summed E-state index contributed by atoms with van der Waals surface area (Å²) < 4.78 is 5.75. The highest BCUT2D eigenvalue weighted by molar-refractivity contribution is 5.83.